The number of amides is 1. The van der Waals surface area contributed by atoms with Crippen molar-refractivity contribution in [2.75, 3.05) is 20.1 Å². The second kappa shape index (κ2) is 5.50. The van der Waals surface area contributed by atoms with Crippen LogP contribution in [-0.2, 0) is 13.5 Å². The SMILES string of the molecule is CCc1nn(C)cc1C(=O)NCCNC. The summed E-state index contributed by atoms with van der Waals surface area (Å²) >= 11 is 0. The molecular weight excluding hydrogens is 192 g/mol. The molecule has 0 fully saturated rings. The van der Waals surface area contributed by atoms with Crippen molar-refractivity contribution in [2.45, 2.75) is 13.3 Å². The zero-order valence-electron chi connectivity index (χ0n) is 9.50. The van der Waals surface area contributed by atoms with Gasteiger partial charge in [-0.3, -0.25) is 9.48 Å². The fourth-order valence-corrected chi connectivity index (χ4v) is 1.38. The molecule has 0 atom stereocenters. The van der Waals surface area contributed by atoms with Gasteiger partial charge in [-0.25, -0.2) is 0 Å². The molecule has 0 unspecified atom stereocenters. The van der Waals surface area contributed by atoms with Gasteiger partial charge in [0.25, 0.3) is 5.91 Å². The molecule has 0 bridgehead atoms. The van der Waals surface area contributed by atoms with E-state index < -0.39 is 0 Å². The van der Waals surface area contributed by atoms with Crippen molar-refractivity contribution in [3.05, 3.63) is 17.5 Å². The molecule has 0 aliphatic heterocycles. The Morgan fingerprint density at radius 2 is 2.27 bits per heavy atom. The Labute approximate surface area is 89.9 Å². The molecule has 1 heterocycles. The number of nitrogens with one attached hydrogen (secondary N) is 2. The minimum Gasteiger partial charge on any atom is -0.351 e. The first-order chi connectivity index (χ1) is 7.19. The van der Waals surface area contributed by atoms with Crippen LogP contribution >= 0.6 is 0 Å². The van der Waals surface area contributed by atoms with E-state index in [1.54, 1.807) is 10.9 Å². The lowest BCUT2D eigenvalue weighted by atomic mass is 10.2. The van der Waals surface area contributed by atoms with Crippen molar-refractivity contribution in [1.82, 2.24) is 20.4 Å². The first kappa shape index (κ1) is 11.7. The van der Waals surface area contributed by atoms with E-state index in [4.69, 9.17) is 0 Å². The van der Waals surface area contributed by atoms with Crippen molar-refractivity contribution in [3.63, 3.8) is 0 Å². The van der Waals surface area contributed by atoms with Gasteiger partial charge in [0, 0.05) is 26.3 Å². The fraction of sp³-hybridized carbons (Fsp3) is 0.600. The second-order valence-corrected chi connectivity index (χ2v) is 3.38. The monoisotopic (exact) mass is 210 g/mol. The summed E-state index contributed by atoms with van der Waals surface area (Å²) in [4.78, 5) is 11.7. The highest BCUT2D eigenvalue weighted by Crippen LogP contribution is 2.06. The van der Waals surface area contributed by atoms with Crippen LogP contribution in [0.4, 0.5) is 0 Å². The zero-order valence-corrected chi connectivity index (χ0v) is 9.50. The van der Waals surface area contributed by atoms with Gasteiger partial charge in [-0.1, -0.05) is 6.92 Å². The quantitative estimate of drug-likeness (QED) is 0.669. The van der Waals surface area contributed by atoms with Crippen molar-refractivity contribution in [2.24, 2.45) is 7.05 Å². The van der Waals surface area contributed by atoms with Gasteiger partial charge in [0.15, 0.2) is 0 Å². The van der Waals surface area contributed by atoms with E-state index in [9.17, 15) is 4.79 Å². The van der Waals surface area contributed by atoms with Crippen LogP contribution < -0.4 is 10.6 Å². The minimum absolute atomic E-state index is 0.0461. The van der Waals surface area contributed by atoms with E-state index >= 15 is 0 Å². The third kappa shape index (κ3) is 3.06. The lowest BCUT2D eigenvalue weighted by molar-refractivity contribution is 0.0953. The number of hydrogen-bond donors (Lipinski definition) is 2. The second-order valence-electron chi connectivity index (χ2n) is 3.38. The summed E-state index contributed by atoms with van der Waals surface area (Å²) in [7, 11) is 3.68. The first-order valence-electron chi connectivity index (χ1n) is 5.14. The van der Waals surface area contributed by atoms with Crippen molar-refractivity contribution >= 4 is 5.91 Å². The van der Waals surface area contributed by atoms with Crippen LogP contribution in [-0.4, -0.2) is 35.8 Å². The van der Waals surface area contributed by atoms with E-state index in [1.807, 2.05) is 21.0 Å². The van der Waals surface area contributed by atoms with Crippen molar-refractivity contribution in [3.8, 4) is 0 Å². The first-order valence-corrected chi connectivity index (χ1v) is 5.14. The summed E-state index contributed by atoms with van der Waals surface area (Å²) in [6.45, 7) is 3.40. The summed E-state index contributed by atoms with van der Waals surface area (Å²) < 4.78 is 1.67. The molecule has 1 aromatic rings. The molecule has 0 aliphatic carbocycles. The van der Waals surface area contributed by atoms with Gasteiger partial charge in [-0.2, -0.15) is 5.10 Å². The molecule has 0 spiro atoms. The van der Waals surface area contributed by atoms with Crippen LogP contribution in [0.25, 0.3) is 0 Å². The van der Waals surface area contributed by atoms with Gasteiger partial charge in [0.1, 0.15) is 0 Å². The van der Waals surface area contributed by atoms with Crippen LogP contribution in [0, 0.1) is 0 Å². The number of carbonyl (C=O) groups is 1. The molecule has 0 aromatic carbocycles. The molecule has 0 radical (unpaired) electrons. The van der Waals surface area contributed by atoms with Gasteiger partial charge < -0.3 is 10.6 Å². The molecule has 15 heavy (non-hydrogen) atoms. The summed E-state index contributed by atoms with van der Waals surface area (Å²) in [5.74, 6) is -0.0461. The maximum atomic E-state index is 11.7. The van der Waals surface area contributed by atoms with Crippen molar-refractivity contribution < 1.29 is 4.79 Å². The predicted octanol–water partition coefficient (Wildman–Crippen LogP) is -0.0683. The van der Waals surface area contributed by atoms with E-state index in [-0.39, 0.29) is 5.91 Å². The average Bonchev–Trinajstić information content (AvgIpc) is 2.60. The van der Waals surface area contributed by atoms with Crippen LogP contribution in [0.2, 0.25) is 0 Å². The standard InChI is InChI=1S/C10H18N4O/c1-4-9-8(7-14(3)13-9)10(15)12-6-5-11-2/h7,11H,4-6H2,1-3H3,(H,12,15). The third-order valence-electron chi connectivity index (χ3n) is 2.15. The van der Waals surface area contributed by atoms with E-state index in [0.717, 1.165) is 18.7 Å². The maximum Gasteiger partial charge on any atom is 0.254 e. The van der Waals surface area contributed by atoms with E-state index in [1.165, 1.54) is 0 Å². The number of aromatic nitrogens is 2. The zero-order chi connectivity index (χ0) is 11.3. The largest absolute Gasteiger partial charge is 0.351 e. The molecule has 0 saturated carbocycles. The molecule has 0 saturated heterocycles. The summed E-state index contributed by atoms with van der Waals surface area (Å²) in [6, 6.07) is 0. The summed E-state index contributed by atoms with van der Waals surface area (Å²) in [5.41, 5.74) is 1.52. The van der Waals surface area contributed by atoms with Crippen LogP contribution in [0.1, 0.15) is 23.0 Å². The van der Waals surface area contributed by atoms with Gasteiger partial charge in [0.2, 0.25) is 0 Å². The Morgan fingerprint density at radius 1 is 1.53 bits per heavy atom. The number of carbonyl (C=O) groups excluding carboxylic acids is 1. The molecular formula is C10H18N4O. The lowest BCUT2D eigenvalue weighted by Crippen LogP contribution is -2.30. The molecule has 5 heteroatoms. The molecule has 2 N–H and O–H groups in total. The predicted molar refractivity (Wildman–Crippen MR) is 58.8 cm³/mol. The molecule has 84 valence electrons. The fourth-order valence-electron chi connectivity index (χ4n) is 1.38. The number of nitrogens with zero attached hydrogens (tertiary/aromatic N) is 2. The van der Waals surface area contributed by atoms with Crippen LogP contribution in [0.15, 0.2) is 6.20 Å². The molecule has 1 rings (SSSR count). The minimum atomic E-state index is -0.0461. The van der Waals surface area contributed by atoms with Gasteiger partial charge in [-0.05, 0) is 13.5 Å². The Balaban J connectivity index is 2.64. The molecule has 5 nitrogen and oxygen atoms in total. The third-order valence-corrected chi connectivity index (χ3v) is 2.15. The van der Waals surface area contributed by atoms with Gasteiger partial charge in [0.05, 0.1) is 11.3 Å². The normalized spacial score (nSPS) is 10.3. The summed E-state index contributed by atoms with van der Waals surface area (Å²) in [6.07, 6.45) is 2.53. The Kier molecular flexibility index (Phi) is 4.30. The van der Waals surface area contributed by atoms with Gasteiger partial charge in [-0.15, -0.1) is 0 Å². The highest BCUT2D eigenvalue weighted by Gasteiger charge is 2.13. The Morgan fingerprint density at radius 3 is 2.87 bits per heavy atom. The molecule has 1 aromatic heterocycles. The number of aryl methyl sites for hydroxylation is 2. The van der Waals surface area contributed by atoms with E-state index in [0.29, 0.717) is 12.1 Å². The lowest BCUT2D eigenvalue weighted by Gasteiger charge is -2.03. The Hall–Kier alpha value is -1.36. The van der Waals surface area contributed by atoms with Gasteiger partial charge >= 0.3 is 0 Å². The smallest absolute Gasteiger partial charge is 0.254 e. The molecule has 1 amide bonds. The number of likely N-dealkylation sites (N-methyl/N-ethyl adjacent to an activating group) is 1. The summed E-state index contributed by atoms with van der Waals surface area (Å²) in [5, 5.41) is 10.0. The molecule has 0 aliphatic rings. The topological polar surface area (TPSA) is 59.0 Å². The number of rotatable bonds is 5. The maximum absolute atomic E-state index is 11.7. The Bertz CT molecular complexity index is 332. The van der Waals surface area contributed by atoms with Crippen LogP contribution in [0.3, 0.4) is 0 Å². The highest BCUT2D eigenvalue weighted by atomic mass is 16.1. The van der Waals surface area contributed by atoms with E-state index in [2.05, 4.69) is 15.7 Å². The van der Waals surface area contributed by atoms with Crippen molar-refractivity contribution in [1.29, 1.82) is 0 Å². The highest BCUT2D eigenvalue weighted by molar-refractivity contribution is 5.95. The van der Waals surface area contributed by atoms with Crippen LogP contribution in [0.5, 0.6) is 0 Å². The number of hydrogen-bond acceptors (Lipinski definition) is 3. The average molecular weight is 210 g/mol.